The number of aryl methyl sites for hydroxylation is 2. The second kappa shape index (κ2) is 6.05. The summed E-state index contributed by atoms with van der Waals surface area (Å²) in [6, 6.07) is 13.4. The highest BCUT2D eigenvalue weighted by atomic mass is 32.2. The maximum absolute atomic E-state index is 12.5. The van der Waals surface area contributed by atoms with E-state index in [4.69, 9.17) is 0 Å². The molecule has 116 valence electrons. The van der Waals surface area contributed by atoms with Crippen LogP contribution in [0.3, 0.4) is 0 Å². The summed E-state index contributed by atoms with van der Waals surface area (Å²) < 4.78 is 0. The molecular weight excluding hydrogens is 306 g/mol. The van der Waals surface area contributed by atoms with Crippen molar-refractivity contribution in [3.8, 4) is 0 Å². The van der Waals surface area contributed by atoms with E-state index >= 15 is 0 Å². The number of ketones is 1. The van der Waals surface area contributed by atoms with Crippen molar-refractivity contribution < 1.29 is 9.59 Å². The van der Waals surface area contributed by atoms with Crippen LogP contribution in [0.1, 0.15) is 28.4 Å². The summed E-state index contributed by atoms with van der Waals surface area (Å²) in [5.41, 5.74) is 3.76. The molecule has 23 heavy (non-hydrogen) atoms. The molecule has 0 saturated carbocycles. The first-order valence-corrected chi connectivity index (χ1v) is 8.19. The smallest absolute Gasteiger partial charge is 0.227 e. The third kappa shape index (κ3) is 2.94. The molecule has 2 aromatic carbocycles. The van der Waals surface area contributed by atoms with Crippen molar-refractivity contribution in [1.82, 2.24) is 0 Å². The number of amides is 1. The third-order valence-corrected chi connectivity index (χ3v) is 5.02. The van der Waals surface area contributed by atoms with E-state index in [2.05, 4.69) is 0 Å². The Morgan fingerprint density at radius 3 is 2.48 bits per heavy atom. The van der Waals surface area contributed by atoms with E-state index in [1.165, 1.54) is 24.2 Å². The molecule has 0 saturated heterocycles. The number of rotatable bonds is 2. The average Bonchev–Trinajstić information content (AvgIpc) is 2.84. The van der Waals surface area contributed by atoms with Crippen molar-refractivity contribution in [3.63, 3.8) is 0 Å². The Hall–Kier alpha value is -2.33. The Bertz CT molecular complexity index is 839. The Morgan fingerprint density at radius 1 is 1.09 bits per heavy atom. The molecule has 1 aliphatic heterocycles. The van der Waals surface area contributed by atoms with Crippen LogP contribution < -0.4 is 4.90 Å². The van der Waals surface area contributed by atoms with Gasteiger partial charge in [-0.15, -0.1) is 0 Å². The fourth-order valence-electron chi connectivity index (χ4n) is 2.47. The van der Waals surface area contributed by atoms with Crippen LogP contribution in [-0.2, 0) is 4.79 Å². The number of anilines is 1. The first-order chi connectivity index (χ1) is 11.0. The van der Waals surface area contributed by atoms with Crippen LogP contribution in [-0.4, -0.2) is 11.7 Å². The first kappa shape index (κ1) is 15.6. The van der Waals surface area contributed by atoms with Gasteiger partial charge in [0.2, 0.25) is 11.7 Å². The van der Waals surface area contributed by atoms with Crippen molar-refractivity contribution in [2.75, 3.05) is 4.90 Å². The highest BCUT2D eigenvalue weighted by Gasteiger charge is 2.26. The maximum atomic E-state index is 12.5. The quantitative estimate of drug-likeness (QED) is 0.764. The van der Waals surface area contributed by atoms with E-state index in [9.17, 15) is 9.59 Å². The number of carbonyl (C=O) groups is 2. The molecule has 0 spiro atoms. The molecule has 3 rings (SSSR count). The van der Waals surface area contributed by atoms with Crippen LogP contribution in [0.2, 0.25) is 0 Å². The van der Waals surface area contributed by atoms with Gasteiger partial charge in [-0.1, -0.05) is 30.0 Å². The lowest BCUT2D eigenvalue weighted by Crippen LogP contribution is -2.23. The minimum Gasteiger partial charge on any atom is -0.288 e. The molecule has 1 heterocycles. The third-order valence-electron chi connectivity index (χ3n) is 3.93. The van der Waals surface area contributed by atoms with Crippen LogP contribution in [0.4, 0.5) is 5.69 Å². The van der Waals surface area contributed by atoms with E-state index in [1.54, 1.807) is 11.1 Å². The molecule has 0 unspecified atom stereocenters. The molecule has 0 bridgehead atoms. The van der Waals surface area contributed by atoms with E-state index in [-0.39, 0.29) is 11.7 Å². The van der Waals surface area contributed by atoms with Gasteiger partial charge in [0.05, 0.1) is 4.91 Å². The van der Waals surface area contributed by atoms with E-state index in [1.807, 2.05) is 56.3 Å². The Morgan fingerprint density at radius 2 is 1.83 bits per heavy atom. The van der Waals surface area contributed by atoms with Gasteiger partial charge in [0, 0.05) is 29.3 Å². The summed E-state index contributed by atoms with van der Waals surface area (Å²) in [5, 5.41) is 0. The van der Waals surface area contributed by atoms with Crippen LogP contribution >= 0.6 is 11.8 Å². The number of allylic oxidation sites excluding steroid dienone is 1. The standard InChI is InChI=1S/C19H17NO2S/c1-12-8-9-15(10-13(12)2)20(14(3)21)11-18-19(22)16-6-4-5-7-17(16)23-18/h4-11H,1-3H3/b18-11+. The van der Waals surface area contributed by atoms with Gasteiger partial charge in [0.25, 0.3) is 0 Å². The van der Waals surface area contributed by atoms with Crippen molar-refractivity contribution >= 4 is 29.1 Å². The number of Topliss-reactive ketones (excluding diaryl/α,β-unsaturated/α-hetero) is 1. The lowest BCUT2D eigenvalue weighted by Gasteiger charge is -2.18. The number of hydrogen-bond acceptors (Lipinski definition) is 3. The molecule has 0 aliphatic carbocycles. The highest BCUT2D eigenvalue weighted by Crippen LogP contribution is 2.40. The van der Waals surface area contributed by atoms with Gasteiger partial charge >= 0.3 is 0 Å². The molecule has 4 heteroatoms. The second-order valence-corrected chi connectivity index (χ2v) is 6.66. The summed E-state index contributed by atoms with van der Waals surface area (Å²) in [4.78, 5) is 27.6. The Balaban J connectivity index is 1.99. The molecular formula is C19H17NO2S. The molecule has 0 aromatic heterocycles. The normalized spacial score (nSPS) is 14.9. The number of carbonyl (C=O) groups excluding carboxylic acids is 2. The number of benzene rings is 2. The topological polar surface area (TPSA) is 37.4 Å². The fraction of sp³-hybridized carbons (Fsp3) is 0.158. The minimum atomic E-state index is -0.120. The summed E-state index contributed by atoms with van der Waals surface area (Å²) >= 11 is 1.41. The van der Waals surface area contributed by atoms with Gasteiger partial charge in [0.1, 0.15) is 0 Å². The fourth-order valence-corrected chi connectivity index (χ4v) is 3.48. The predicted molar refractivity (Wildman–Crippen MR) is 93.8 cm³/mol. The molecule has 0 fully saturated rings. The van der Waals surface area contributed by atoms with Crippen LogP contribution in [0.15, 0.2) is 58.5 Å². The monoisotopic (exact) mass is 323 g/mol. The van der Waals surface area contributed by atoms with E-state index in [0.717, 1.165) is 16.1 Å². The van der Waals surface area contributed by atoms with Gasteiger partial charge in [0.15, 0.2) is 0 Å². The summed E-state index contributed by atoms with van der Waals surface area (Å²) in [6.07, 6.45) is 1.65. The summed E-state index contributed by atoms with van der Waals surface area (Å²) in [7, 11) is 0. The van der Waals surface area contributed by atoms with Crippen molar-refractivity contribution in [3.05, 3.63) is 70.3 Å². The molecule has 1 aliphatic rings. The molecule has 0 atom stereocenters. The Kier molecular flexibility index (Phi) is 4.09. The minimum absolute atomic E-state index is 0.0271. The summed E-state index contributed by atoms with van der Waals surface area (Å²) in [5.74, 6) is -0.147. The van der Waals surface area contributed by atoms with Crippen LogP contribution in [0.5, 0.6) is 0 Å². The van der Waals surface area contributed by atoms with Crippen molar-refractivity contribution in [1.29, 1.82) is 0 Å². The van der Waals surface area contributed by atoms with Gasteiger partial charge in [-0.25, -0.2) is 0 Å². The predicted octanol–water partition coefficient (Wildman–Crippen LogP) is 4.49. The zero-order valence-corrected chi connectivity index (χ0v) is 14.1. The van der Waals surface area contributed by atoms with Crippen LogP contribution in [0, 0.1) is 13.8 Å². The number of thioether (sulfide) groups is 1. The lowest BCUT2D eigenvalue weighted by molar-refractivity contribution is -0.116. The molecule has 0 radical (unpaired) electrons. The van der Waals surface area contributed by atoms with Crippen molar-refractivity contribution in [2.24, 2.45) is 0 Å². The second-order valence-electron chi connectivity index (χ2n) is 5.58. The Labute approximate surface area is 140 Å². The van der Waals surface area contributed by atoms with Gasteiger partial charge in [-0.3, -0.25) is 14.5 Å². The van der Waals surface area contributed by atoms with Gasteiger partial charge in [-0.2, -0.15) is 0 Å². The largest absolute Gasteiger partial charge is 0.288 e. The lowest BCUT2D eigenvalue weighted by atomic mass is 10.1. The highest BCUT2D eigenvalue weighted by molar-refractivity contribution is 8.04. The number of fused-ring (bicyclic) bond motifs is 1. The van der Waals surface area contributed by atoms with Gasteiger partial charge < -0.3 is 0 Å². The first-order valence-electron chi connectivity index (χ1n) is 7.38. The number of hydrogen-bond donors (Lipinski definition) is 0. The molecule has 0 N–H and O–H groups in total. The van der Waals surface area contributed by atoms with Gasteiger partial charge in [-0.05, 0) is 49.2 Å². The molecule has 2 aromatic rings. The SMILES string of the molecule is CC(=O)N(/C=C1/Sc2ccccc2C1=O)c1ccc(C)c(C)c1. The average molecular weight is 323 g/mol. The van der Waals surface area contributed by atoms with Crippen molar-refractivity contribution in [2.45, 2.75) is 25.7 Å². The maximum Gasteiger partial charge on any atom is 0.227 e. The van der Waals surface area contributed by atoms with E-state index in [0.29, 0.717) is 10.5 Å². The van der Waals surface area contributed by atoms with Crippen LogP contribution in [0.25, 0.3) is 0 Å². The number of nitrogens with zero attached hydrogens (tertiary/aromatic N) is 1. The molecule has 1 amide bonds. The molecule has 3 nitrogen and oxygen atoms in total. The summed E-state index contributed by atoms with van der Waals surface area (Å²) in [6.45, 7) is 5.54. The van der Waals surface area contributed by atoms with E-state index < -0.39 is 0 Å². The zero-order valence-electron chi connectivity index (χ0n) is 13.3. The zero-order chi connectivity index (χ0) is 16.6.